The third-order valence-electron chi connectivity index (χ3n) is 3.69. The minimum absolute atomic E-state index is 0.247. The summed E-state index contributed by atoms with van der Waals surface area (Å²) in [6, 6.07) is 17.7. The van der Waals surface area contributed by atoms with Crippen LogP contribution in [0.15, 0.2) is 77.5 Å². The monoisotopic (exact) mass is 364 g/mol. The number of nitrogens with one attached hydrogen (secondary N) is 1. The number of halogens is 1. The summed E-state index contributed by atoms with van der Waals surface area (Å²) in [7, 11) is 0. The fraction of sp³-hybridized carbons (Fsp3) is 0. The molecule has 0 unspecified atom stereocenters. The van der Waals surface area contributed by atoms with Crippen LogP contribution >= 0.6 is 11.6 Å². The van der Waals surface area contributed by atoms with E-state index in [1.54, 1.807) is 59.6 Å². The summed E-state index contributed by atoms with van der Waals surface area (Å²) in [6.45, 7) is 0. The van der Waals surface area contributed by atoms with Gasteiger partial charge in [0.2, 0.25) is 0 Å². The van der Waals surface area contributed by atoms with Crippen LogP contribution in [0.2, 0.25) is 5.02 Å². The average Bonchev–Trinajstić information content (AvgIpc) is 3.33. The van der Waals surface area contributed by atoms with Gasteiger partial charge in [-0.1, -0.05) is 17.7 Å². The van der Waals surface area contributed by atoms with E-state index in [9.17, 15) is 4.79 Å². The Morgan fingerprint density at radius 3 is 2.62 bits per heavy atom. The number of amides is 1. The van der Waals surface area contributed by atoms with E-state index in [1.807, 2.05) is 18.2 Å². The van der Waals surface area contributed by atoms with Gasteiger partial charge in [0.1, 0.15) is 11.5 Å². The van der Waals surface area contributed by atoms with Crippen molar-refractivity contribution in [3.63, 3.8) is 0 Å². The highest BCUT2D eigenvalue weighted by molar-refractivity contribution is 6.30. The van der Waals surface area contributed by atoms with Gasteiger partial charge in [0.05, 0.1) is 12.0 Å². The number of pyridine rings is 1. The topological polar surface area (TPSA) is 73.0 Å². The maximum absolute atomic E-state index is 12.6. The summed E-state index contributed by atoms with van der Waals surface area (Å²) in [4.78, 5) is 16.6. The second kappa shape index (κ2) is 6.85. The zero-order valence-electron chi connectivity index (χ0n) is 13.5. The lowest BCUT2D eigenvalue weighted by atomic mass is 10.2. The first-order chi connectivity index (χ1) is 12.7. The van der Waals surface area contributed by atoms with Gasteiger partial charge in [-0.3, -0.25) is 4.79 Å². The molecule has 0 saturated carbocycles. The summed E-state index contributed by atoms with van der Waals surface area (Å²) >= 11 is 5.97. The first-order valence-corrected chi connectivity index (χ1v) is 8.21. The summed E-state index contributed by atoms with van der Waals surface area (Å²) in [5.74, 6) is 0.701. The van der Waals surface area contributed by atoms with Crippen LogP contribution < -0.4 is 5.32 Å². The quantitative estimate of drug-likeness (QED) is 0.581. The number of carbonyl (C=O) groups is 1. The number of rotatable bonds is 4. The van der Waals surface area contributed by atoms with Crippen LogP contribution in [0.1, 0.15) is 10.5 Å². The van der Waals surface area contributed by atoms with Gasteiger partial charge >= 0.3 is 0 Å². The minimum Gasteiger partial charge on any atom is -0.463 e. The standard InChI is InChI=1S/C19H13ClN4O2/c20-13-6-8-14(9-7-13)24-16(17-4-3-11-26-17)12-15(23-24)19(25)22-18-5-1-2-10-21-18/h1-12H,(H,21,22,25). The summed E-state index contributed by atoms with van der Waals surface area (Å²) in [5, 5.41) is 7.78. The molecule has 0 atom stereocenters. The van der Waals surface area contributed by atoms with Crippen LogP contribution in [0.25, 0.3) is 17.1 Å². The second-order valence-corrected chi connectivity index (χ2v) is 5.89. The highest BCUT2D eigenvalue weighted by Crippen LogP contribution is 2.25. The van der Waals surface area contributed by atoms with E-state index < -0.39 is 0 Å². The molecule has 0 fully saturated rings. The van der Waals surface area contributed by atoms with Gasteiger partial charge in [0, 0.05) is 17.3 Å². The molecule has 1 amide bonds. The maximum Gasteiger partial charge on any atom is 0.277 e. The number of furan rings is 1. The third kappa shape index (κ3) is 3.22. The van der Waals surface area contributed by atoms with E-state index in [1.165, 1.54) is 0 Å². The average molecular weight is 365 g/mol. The molecule has 0 radical (unpaired) electrons. The predicted octanol–water partition coefficient (Wildman–Crippen LogP) is 4.43. The molecule has 4 rings (SSSR count). The summed E-state index contributed by atoms with van der Waals surface area (Å²) in [5.41, 5.74) is 1.66. The molecular formula is C19H13ClN4O2. The first-order valence-electron chi connectivity index (χ1n) is 7.83. The van der Waals surface area contributed by atoms with E-state index in [4.69, 9.17) is 16.0 Å². The number of benzene rings is 1. The van der Waals surface area contributed by atoms with Crippen LogP contribution in [0.3, 0.4) is 0 Å². The molecule has 3 heterocycles. The van der Waals surface area contributed by atoms with Gasteiger partial charge in [0.25, 0.3) is 5.91 Å². The lowest BCUT2D eigenvalue weighted by Gasteiger charge is -2.05. The fourth-order valence-corrected chi connectivity index (χ4v) is 2.61. The molecule has 7 heteroatoms. The molecule has 0 aliphatic heterocycles. The number of hydrogen-bond acceptors (Lipinski definition) is 4. The zero-order valence-corrected chi connectivity index (χ0v) is 14.2. The van der Waals surface area contributed by atoms with Crippen molar-refractivity contribution >= 4 is 23.3 Å². The zero-order chi connectivity index (χ0) is 17.9. The van der Waals surface area contributed by atoms with Gasteiger partial charge < -0.3 is 9.73 Å². The molecule has 3 aromatic heterocycles. The molecule has 4 aromatic rings. The lowest BCUT2D eigenvalue weighted by Crippen LogP contribution is -2.14. The minimum atomic E-state index is -0.357. The van der Waals surface area contributed by atoms with Crippen molar-refractivity contribution in [2.75, 3.05) is 5.32 Å². The van der Waals surface area contributed by atoms with Crippen LogP contribution in [0.4, 0.5) is 5.82 Å². The molecule has 1 N–H and O–H groups in total. The molecule has 0 spiro atoms. The Balaban J connectivity index is 1.74. The Morgan fingerprint density at radius 2 is 1.92 bits per heavy atom. The highest BCUT2D eigenvalue weighted by atomic mass is 35.5. The molecule has 1 aromatic carbocycles. The molecule has 26 heavy (non-hydrogen) atoms. The van der Waals surface area contributed by atoms with Gasteiger partial charge in [-0.2, -0.15) is 5.10 Å². The van der Waals surface area contributed by atoms with Crippen molar-refractivity contribution in [2.45, 2.75) is 0 Å². The van der Waals surface area contributed by atoms with Gasteiger partial charge in [-0.05, 0) is 48.5 Å². The van der Waals surface area contributed by atoms with E-state index in [-0.39, 0.29) is 11.6 Å². The lowest BCUT2D eigenvalue weighted by molar-refractivity contribution is 0.102. The number of hydrogen-bond donors (Lipinski definition) is 1. The Hall–Kier alpha value is -3.38. The SMILES string of the molecule is O=C(Nc1ccccn1)c1cc(-c2ccco2)n(-c2ccc(Cl)cc2)n1. The van der Waals surface area contributed by atoms with E-state index in [2.05, 4.69) is 15.4 Å². The molecule has 0 aliphatic carbocycles. The number of nitrogens with zero attached hydrogens (tertiary/aromatic N) is 3. The summed E-state index contributed by atoms with van der Waals surface area (Å²) < 4.78 is 7.13. The van der Waals surface area contributed by atoms with Crippen molar-refractivity contribution in [3.8, 4) is 17.1 Å². The molecular weight excluding hydrogens is 352 g/mol. The van der Waals surface area contributed by atoms with E-state index in [0.717, 1.165) is 5.69 Å². The Morgan fingerprint density at radius 1 is 1.08 bits per heavy atom. The number of aromatic nitrogens is 3. The smallest absolute Gasteiger partial charge is 0.277 e. The van der Waals surface area contributed by atoms with Crippen molar-refractivity contribution in [3.05, 3.63) is 83.8 Å². The predicted molar refractivity (Wildman–Crippen MR) is 98.5 cm³/mol. The van der Waals surface area contributed by atoms with Gasteiger partial charge in [0.15, 0.2) is 11.5 Å². The fourth-order valence-electron chi connectivity index (χ4n) is 2.49. The molecule has 0 aliphatic rings. The van der Waals surface area contributed by atoms with Crippen LogP contribution in [-0.2, 0) is 0 Å². The van der Waals surface area contributed by atoms with Crippen LogP contribution in [0, 0.1) is 0 Å². The molecule has 0 saturated heterocycles. The first kappa shape index (κ1) is 16.1. The Bertz CT molecular complexity index is 1030. The van der Waals surface area contributed by atoms with Crippen LogP contribution in [0.5, 0.6) is 0 Å². The molecule has 0 bridgehead atoms. The molecule has 128 valence electrons. The summed E-state index contributed by atoms with van der Waals surface area (Å²) in [6.07, 6.45) is 3.18. The Kier molecular flexibility index (Phi) is 4.25. The maximum atomic E-state index is 12.6. The second-order valence-electron chi connectivity index (χ2n) is 5.45. The van der Waals surface area contributed by atoms with E-state index in [0.29, 0.717) is 22.3 Å². The normalized spacial score (nSPS) is 10.7. The van der Waals surface area contributed by atoms with Crippen molar-refractivity contribution < 1.29 is 9.21 Å². The van der Waals surface area contributed by atoms with Gasteiger partial charge in [-0.25, -0.2) is 9.67 Å². The van der Waals surface area contributed by atoms with Crippen molar-refractivity contribution in [1.82, 2.24) is 14.8 Å². The van der Waals surface area contributed by atoms with E-state index >= 15 is 0 Å². The van der Waals surface area contributed by atoms with Crippen molar-refractivity contribution in [2.24, 2.45) is 0 Å². The van der Waals surface area contributed by atoms with Crippen LogP contribution in [-0.4, -0.2) is 20.7 Å². The Labute approximate surface area is 154 Å². The largest absolute Gasteiger partial charge is 0.463 e. The third-order valence-corrected chi connectivity index (χ3v) is 3.95. The molecule has 6 nitrogen and oxygen atoms in total. The number of anilines is 1. The number of carbonyl (C=O) groups excluding carboxylic acids is 1. The van der Waals surface area contributed by atoms with Gasteiger partial charge in [-0.15, -0.1) is 0 Å². The van der Waals surface area contributed by atoms with Crippen molar-refractivity contribution in [1.29, 1.82) is 0 Å². The highest BCUT2D eigenvalue weighted by Gasteiger charge is 2.18.